The van der Waals surface area contributed by atoms with Crippen LogP contribution >= 0.6 is 0 Å². The Bertz CT molecular complexity index is 376. The predicted molar refractivity (Wildman–Crippen MR) is 75.2 cm³/mol. The Hall–Kier alpha value is -0.400. The van der Waals surface area contributed by atoms with Gasteiger partial charge in [0.1, 0.15) is 30.5 Å². The first-order valence-electron chi connectivity index (χ1n) is 7.28. The lowest BCUT2D eigenvalue weighted by molar-refractivity contribution is -0.287. The molecular weight excluding hydrogens is 296 g/mol. The van der Waals surface area contributed by atoms with Crippen LogP contribution in [0.15, 0.2) is 0 Å². The molecule has 10 atom stereocenters. The van der Waals surface area contributed by atoms with Crippen molar-refractivity contribution in [3.63, 3.8) is 0 Å². The van der Waals surface area contributed by atoms with Crippen LogP contribution in [-0.2, 0) is 9.47 Å². The third-order valence-corrected chi connectivity index (χ3v) is 4.36. The first-order valence-corrected chi connectivity index (χ1v) is 7.28. The van der Waals surface area contributed by atoms with Gasteiger partial charge in [0.25, 0.3) is 0 Å². The number of aliphatic hydroxyl groups excluding tert-OH is 4. The highest BCUT2D eigenvalue weighted by Crippen LogP contribution is 2.26. The van der Waals surface area contributed by atoms with Crippen molar-refractivity contribution in [2.45, 2.75) is 67.5 Å². The van der Waals surface area contributed by atoms with Crippen molar-refractivity contribution in [2.75, 3.05) is 6.54 Å². The molecule has 0 radical (unpaired) electrons. The summed E-state index contributed by atoms with van der Waals surface area (Å²) in [6, 6.07) is -2.34. The summed E-state index contributed by atoms with van der Waals surface area (Å²) in [4.78, 5) is 0. The number of aliphatic hydroxyl groups is 4. The van der Waals surface area contributed by atoms with Crippen molar-refractivity contribution < 1.29 is 29.9 Å². The van der Waals surface area contributed by atoms with Gasteiger partial charge in [0.2, 0.25) is 0 Å². The van der Waals surface area contributed by atoms with Crippen LogP contribution in [0.1, 0.15) is 6.42 Å². The van der Waals surface area contributed by atoms with Crippen molar-refractivity contribution in [3.05, 3.63) is 0 Å². The van der Waals surface area contributed by atoms with Crippen molar-refractivity contribution in [2.24, 2.45) is 22.9 Å². The van der Waals surface area contributed by atoms with Crippen LogP contribution in [-0.4, -0.2) is 88.0 Å². The first kappa shape index (κ1) is 17.9. The van der Waals surface area contributed by atoms with Crippen LogP contribution in [0.4, 0.5) is 0 Å². The SMILES string of the molecule is NC[C@H]1O[C@H](O[C@H]2[C@H](O)[C@@H](O)[C@H](N)C[C@@H]2N)[C@H](N)[C@@H](O)[C@H]1O. The molecule has 0 aromatic carbocycles. The van der Waals surface area contributed by atoms with Crippen LogP contribution in [0.3, 0.4) is 0 Å². The molecule has 22 heavy (non-hydrogen) atoms. The Morgan fingerprint density at radius 3 is 2.14 bits per heavy atom. The van der Waals surface area contributed by atoms with Crippen LogP contribution < -0.4 is 22.9 Å². The Morgan fingerprint density at radius 2 is 1.55 bits per heavy atom. The fourth-order valence-electron chi connectivity index (χ4n) is 2.89. The van der Waals surface area contributed by atoms with Gasteiger partial charge in [-0.05, 0) is 6.42 Å². The molecule has 10 nitrogen and oxygen atoms in total. The molecule has 0 spiro atoms. The molecule has 0 aromatic rings. The lowest BCUT2D eigenvalue weighted by atomic mass is 9.84. The van der Waals surface area contributed by atoms with E-state index >= 15 is 0 Å². The summed E-state index contributed by atoms with van der Waals surface area (Å²) in [5.74, 6) is 0. The van der Waals surface area contributed by atoms with E-state index in [1.807, 2.05) is 0 Å². The van der Waals surface area contributed by atoms with Crippen molar-refractivity contribution >= 4 is 0 Å². The summed E-state index contributed by atoms with van der Waals surface area (Å²) >= 11 is 0. The predicted octanol–water partition coefficient (Wildman–Crippen LogP) is -5.12. The lowest BCUT2D eigenvalue weighted by Gasteiger charge is -2.45. The van der Waals surface area contributed by atoms with Gasteiger partial charge in [-0.3, -0.25) is 0 Å². The molecular formula is C12H26N4O6. The maximum absolute atomic E-state index is 10.1. The molecule has 0 aromatic heterocycles. The Morgan fingerprint density at radius 1 is 0.909 bits per heavy atom. The van der Waals surface area contributed by atoms with Gasteiger partial charge in [-0.25, -0.2) is 0 Å². The molecule has 0 bridgehead atoms. The van der Waals surface area contributed by atoms with Gasteiger partial charge in [-0.1, -0.05) is 0 Å². The smallest absolute Gasteiger partial charge is 0.176 e. The standard InChI is InChI=1S/C12H26N4O6/c13-2-5-8(18)9(19)6(16)12(21-5)22-11-4(15)1-3(14)7(17)10(11)20/h3-12,17-20H,1-2,13-16H2/t3-,4+,5-,6-,7+,8+,9-,10-,11-,12-/m1/s1. The quantitative estimate of drug-likeness (QED) is 0.248. The number of hydrogen-bond acceptors (Lipinski definition) is 10. The summed E-state index contributed by atoms with van der Waals surface area (Å²) in [6.07, 6.45) is -7.73. The zero-order chi connectivity index (χ0) is 16.6. The Labute approximate surface area is 128 Å². The van der Waals surface area contributed by atoms with E-state index in [1.165, 1.54) is 0 Å². The van der Waals surface area contributed by atoms with Gasteiger partial charge in [-0.2, -0.15) is 0 Å². The van der Waals surface area contributed by atoms with Gasteiger partial charge in [0, 0.05) is 18.6 Å². The molecule has 1 aliphatic carbocycles. The number of hydrogen-bond donors (Lipinski definition) is 8. The molecule has 0 unspecified atom stereocenters. The maximum atomic E-state index is 10.1. The van der Waals surface area contributed by atoms with E-state index in [4.69, 9.17) is 32.4 Å². The average Bonchev–Trinajstić information content (AvgIpc) is 2.49. The van der Waals surface area contributed by atoms with Crippen LogP contribution in [0.25, 0.3) is 0 Å². The van der Waals surface area contributed by atoms with Gasteiger partial charge in [0.15, 0.2) is 6.29 Å². The summed E-state index contributed by atoms with van der Waals surface area (Å²) in [7, 11) is 0. The second-order valence-electron chi connectivity index (χ2n) is 5.98. The number of rotatable bonds is 3. The van der Waals surface area contributed by atoms with Gasteiger partial charge in [0.05, 0.1) is 12.1 Å². The van der Waals surface area contributed by atoms with E-state index in [0.29, 0.717) is 0 Å². The highest BCUT2D eigenvalue weighted by molar-refractivity contribution is 4.99. The van der Waals surface area contributed by atoms with Gasteiger partial charge in [-0.15, -0.1) is 0 Å². The van der Waals surface area contributed by atoms with E-state index < -0.39 is 61.0 Å². The molecule has 2 aliphatic rings. The average molecular weight is 322 g/mol. The maximum Gasteiger partial charge on any atom is 0.176 e. The molecule has 1 saturated heterocycles. The second kappa shape index (κ2) is 7.01. The van der Waals surface area contributed by atoms with Crippen LogP contribution in [0.2, 0.25) is 0 Å². The molecule has 2 fully saturated rings. The summed E-state index contributed by atoms with van der Waals surface area (Å²) in [5, 5.41) is 39.6. The lowest BCUT2D eigenvalue weighted by Crippen LogP contribution is -2.67. The first-order chi connectivity index (χ1) is 10.3. The van der Waals surface area contributed by atoms with E-state index in [-0.39, 0.29) is 13.0 Å². The zero-order valence-corrected chi connectivity index (χ0v) is 12.1. The normalized spacial score (nSPS) is 53.5. The van der Waals surface area contributed by atoms with Crippen LogP contribution in [0.5, 0.6) is 0 Å². The minimum atomic E-state index is -1.31. The molecule has 10 heteroatoms. The largest absolute Gasteiger partial charge is 0.389 e. The van der Waals surface area contributed by atoms with E-state index in [2.05, 4.69) is 0 Å². The molecule has 2 rings (SSSR count). The summed E-state index contributed by atoms with van der Waals surface area (Å²) in [5.41, 5.74) is 22.8. The molecule has 130 valence electrons. The summed E-state index contributed by atoms with van der Waals surface area (Å²) < 4.78 is 11.0. The summed E-state index contributed by atoms with van der Waals surface area (Å²) in [6.45, 7) is -0.0441. The van der Waals surface area contributed by atoms with Gasteiger partial charge < -0.3 is 52.8 Å². The van der Waals surface area contributed by atoms with E-state index in [1.54, 1.807) is 0 Å². The van der Waals surface area contributed by atoms with Crippen molar-refractivity contribution in [1.82, 2.24) is 0 Å². The fraction of sp³-hybridized carbons (Fsp3) is 1.00. The molecule has 1 heterocycles. The number of nitrogens with two attached hydrogens (primary N) is 4. The minimum Gasteiger partial charge on any atom is -0.389 e. The molecule has 1 aliphatic heterocycles. The second-order valence-corrected chi connectivity index (χ2v) is 5.98. The molecule has 1 saturated carbocycles. The molecule has 0 amide bonds. The highest BCUT2D eigenvalue weighted by Gasteiger charge is 2.47. The topological polar surface area (TPSA) is 203 Å². The minimum absolute atomic E-state index is 0.0441. The van der Waals surface area contributed by atoms with Crippen molar-refractivity contribution in [3.8, 4) is 0 Å². The fourth-order valence-corrected chi connectivity index (χ4v) is 2.89. The van der Waals surface area contributed by atoms with E-state index in [9.17, 15) is 20.4 Å². The highest BCUT2D eigenvalue weighted by atomic mass is 16.7. The third-order valence-electron chi connectivity index (χ3n) is 4.36. The molecule has 12 N–H and O–H groups in total. The van der Waals surface area contributed by atoms with Crippen LogP contribution in [0, 0.1) is 0 Å². The van der Waals surface area contributed by atoms with E-state index in [0.717, 1.165) is 0 Å². The number of ether oxygens (including phenoxy) is 2. The monoisotopic (exact) mass is 322 g/mol. The van der Waals surface area contributed by atoms with Gasteiger partial charge >= 0.3 is 0 Å². The third kappa shape index (κ3) is 3.26. The Kier molecular flexibility index (Phi) is 5.72. The van der Waals surface area contributed by atoms with Crippen molar-refractivity contribution in [1.29, 1.82) is 0 Å². The zero-order valence-electron chi connectivity index (χ0n) is 12.1. The Balaban J connectivity index is 2.08.